The molecular formula is C12H23NO2. The van der Waals surface area contributed by atoms with E-state index in [4.69, 9.17) is 4.74 Å². The van der Waals surface area contributed by atoms with Gasteiger partial charge in [-0.05, 0) is 32.6 Å². The molecule has 1 aliphatic rings. The molecule has 0 bridgehead atoms. The van der Waals surface area contributed by atoms with E-state index >= 15 is 0 Å². The summed E-state index contributed by atoms with van der Waals surface area (Å²) in [4.78, 5) is 11.9. The van der Waals surface area contributed by atoms with Crippen LogP contribution in [0.3, 0.4) is 0 Å². The Labute approximate surface area is 92.6 Å². The fourth-order valence-corrected chi connectivity index (χ4v) is 2.67. The van der Waals surface area contributed by atoms with Gasteiger partial charge < -0.3 is 4.74 Å². The van der Waals surface area contributed by atoms with Crippen molar-refractivity contribution in [2.45, 2.75) is 58.0 Å². The van der Waals surface area contributed by atoms with Gasteiger partial charge in [0.15, 0.2) is 0 Å². The van der Waals surface area contributed by atoms with Gasteiger partial charge in [-0.3, -0.25) is 10.1 Å². The smallest absolute Gasteiger partial charge is 0.326 e. The van der Waals surface area contributed by atoms with Crippen LogP contribution in [0, 0.1) is 5.92 Å². The predicted octanol–water partition coefficient (Wildman–Crippen LogP) is 2.11. The Bertz CT molecular complexity index is 224. The topological polar surface area (TPSA) is 38.3 Å². The summed E-state index contributed by atoms with van der Waals surface area (Å²) < 4.78 is 4.94. The quantitative estimate of drug-likeness (QED) is 0.730. The standard InChI is InChI=1S/C12H23NO2/c1-9(2)13-12(11(14)15-4)7-5-6-10(3)8-12/h9-10,13H,5-8H2,1-4H3. The van der Waals surface area contributed by atoms with Crippen molar-refractivity contribution >= 4 is 5.97 Å². The van der Waals surface area contributed by atoms with Gasteiger partial charge in [0, 0.05) is 6.04 Å². The second kappa shape index (κ2) is 4.97. The molecule has 1 rings (SSSR count). The molecule has 1 fully saturated rings. The van der Waals surface area contributed by atoms with Crippen molar-refractivity contribution in [1.82, 2.24) is 5.32 Å². The number of carbonyl (C=O) groups is 1. The molecule has 1 N–H and O–H groups in total. The van der Waals surface area contributed by atoms with E-state index in [1.807, 2.05) is 0 Å². The second-order valence-corrected chi connectivity index (χ2v) is 5.07. The van der Waals surface area contributed by atoms with Gasteiger partial charge in [-0.2, -0.15) is 0 Å². The van der Waals surface area contributed by atoms with Gasteiger partial charge in [0.25, 0.3) is 0 Å². The first-order valence-corrected chi connectivity index (χ1v) is 5.86. The third-order valence-corrected chi connectivity index (χ3v) is 3.14. The molecule has 0 radical (unpaired) electrons. The molecule has 0 heterocycles. The van der Waals surface area contributed by atoms with Gasteiger partial charge in [0.05, 0.1) is 7.11 Å². The Morgan fingerprint density at radius 2 is 2.20 bits per heavy atom. The zero-order valence-corrected chi connectivity index (χ0v) is 10.3. The van der Waals surface area contributed by atoms with Crippen molar-refractivity contribution in [3.63, 3.8) is 0 Å². The van der Waals surface area contributed by atoms with Crippen LogP contribution in [0.4, 0.5) is 0 Å². The summed E-state index contributed by atoms with van der Waals surface area (Å²) in [6.45, 7) is 6.35. The normalized spacial score (nSPS) is 31.7. The van der Waals surface area contributed by atoms with Crippen molar-refractivity contribution in [3.8, 4) is 0 Å². The molecule has 1 saturated carbocycles. The maximum atomic E-state index is 11.9. The summed E-state index contributed by atoms with van der Waals surface area (Å²) in [5, 5.41) is 3.40. The maximum Gasteiger partial charge on any atom is 0.326 e. The van der Waals surface area contributed by atoms with E-state index in [0.717, 1.165) is 19.3 Å². The number of esters is 1. The molecule has 3 heteroatoms. The van der Waals surface area contributed by atoms with E-state index in [1.165, 1.54) is 13.5 Å². The van der Waals surface area contributed by atoms with Crippen LogP contribution in [0.2, 0.25) is 0 Å². The van der Waals surface area contributed by atoms with Crippen molar-refractivity contribution in [3.05, 3.63) is 0 Å². The van der Waals surface area contributed by atoms with Crippen LogP contribution in [0.1, 0.15) is 46.5 Å². The third-order valence-electron chi connectivity index (χ3n) is 3.14. The van der Waals surface area contributed by atoms with Crippen molar-refractivity contribution in [2.75, 3.05) is 7.11 Å². The summed E-state index contributed by atoms with van der Waals surface area (Å²) in [6, 6.07) is 0.314. The molecule has 88 valence electrons. The van der Waals surface area contributed by atoms with E-state index < -0.39 is 5.54 Å². The first-order valence-electron chi connectivity index (χ1n) is 5.86. The summed E-state index contributed by atoms with van der Waals surface area (Å²) in [7, 11) is 1.48. The Morgan fingerprint density at radius 3 is 2.67 bits per heavy atom. The van der Waals surface area contributed by atoms with E-state index in [0.29, 0.717) is 12.0 Å². The fraction of sp³-hybridized carbons (Fsp3) is 0.917. The Hall–Kier alpha value is -0.570. The number of ether oxygens (including phenoxy) is 1. The first-order chi connectivity index (χ1) is 7.00. The lowest BCUT2D eigenvalue weighted by atomic mass is 9.76. The molecule has 0 amide bonds. The summed E-state index contributed by atoms with van der Waals surface area (Å²) in [5.74, 6) is 0.506. The lowest BCUT2D eigenvalue weighted by Crippen LogP contribution is -2.57. The Morgan fingerprint density at radius 1 is 1.53 bits per heavy atom. The average molecular weight is 213 g/mol. The number of hydrogen-bond donors (Lipinski definition) is 1. The van der Waals surface area contributed by atoms with E-state index in [9.17, 15) is 4.79 Å². The zero-order valence-electron chi connectivity index (χ0n) is 10.3. The molecule has 0 spiro atoms. The number of hydrogen-bond acceptors (Lipinski definition) is 3. The number of nitrogens with one attached hydrogen (secondary N) is 1. The Kier molecular flexibility index (Phi) is 4.14. The fourth-order valence-electron chi connectivity index (χ4n) is 2.67. The minimum atomic E-state index is -0.430. The average Bonchev–Trinajstić information content (AvgIpc) is 2.15. The van der Waals surface area contributed by atoms with Gasteiger partial charge in [-0.1, -0.05) is 19.8 Å². The van der Waals surface area contributed by atoms with Gasteiger partial charge in [-0.15, -0.1) is 0 Å². The highest BCUT2D eigenvalue weighted by molar-refractivity contribution is 5.81. The molecule has 3 nitrogen and oxygen atoms in total. The lowest BCUT2D eigenvalue weighted by Gasteiger charge is -2.39. The minimum Gasteiger partial charge on any atom is -0.468 e. The van der Waals surface area contributed by atoms with Crippen molar-refractivity contribution in [2.24, 2.45) is 5.92 Å². The van der Waals surface area contributed by atoms with E-state index in [1.54, 1.807) is 0 Å². The van der Waals surface area contributed by atoms with Crippen LogP contribution < -0.4 is 5.32 Å². The molecule has 0 aromatic heterocycles. The van der Waals surface area contributed by atoms with Crippen LogP contribution in [0.15, 0.2) is 0 Å². The maximum absolute atomic E-state index is 11.9. The van der Waals surface area contributed by atoms with E-state index in [-0.39, 0.29) is 5.97 Å². The van der Waals surface area contributed by atoms with Crippen LogP contribution in [-0.2, 0) is 9.53 Å². The summed E-state index contributed by atoms with van der Waals surface area (Å²) >= 11 is 0. The van der Waals surface area contributed by atoms with Crippen LogP contribution in [0.5, 0.6) is 0 Å². The minimum absolute atomic E-state index is 0.0947. The van der Waals surface area contributed by atoms with Gasteiger partial charge >= 0.3 is 5.97 Å². The monoisotopic (exact) mass is 213 g/mol. The lowest BCUT2D eigenvalue weighted by molar-refractivity contribution is -0.151. The van der Waals surface area contributed by atoms with Gasteiger partial charge in [-0.25, -0.2) is 0 Å². The van der Waals surface area contributed by atoms with E-state index in [2.05, 4.69) is 26.1 Å². The SMILES string of the molecule is COC(=O)C1(NC(C)C)CCCC(C)C1. The Balaban J connectivity index is 2.79. The third kappa shape index (κ3) is 2.94. The number of methoxy groups -OCH3 is 1. The van der Waals surface area contributed by atoms with Crippen LogP contribution in [0.25, 0.3) is 0 Å². The van der Waals surface area contributed by atoms with Gasteiger partial charge in [0.2, 0.25) is 0 Å². The summed E-state index contributed by atoms with van der Waals surface area (Å²) in [6.07, 6.45) is 4.13. The highest BCUT2D eigenvalue weighted by Gasteiger charge is 2.42. The molecule has 1 aliphatic carbocycles. The zero-order chi connectivity index (χ0) is 11.5. The highest BCUT2D eigenvalue weighted by atomic mass is 16.5. The second-order valence-electron chi connectivity index (χ2n) is 5.07. The molecule has 15 heavy (non-hydrogen) atoms. The number of rotatable bonds is 3. The molecule has 0 aromatic carbocycles. The molecule has 0 saturated heterocycles. The number of carbonyl (C=O) groups excluding carboxylic acids is 1. The molecule has 0 aromatic rings. The molecule has 2 unspecified atom stereocenters. The van der Waals surface area contributed by atoms with Crippen molar-refractivity contribution in [1.29, 1.82) is 0 Å². The highest BCUT2D eigenvalue weighted by Crippen LogP contribution is 2.33. The molecule has 2 atom stereocenters. The van der Waals surface area contributed by atoms with Crippen molar-refractivity contribution < 1.29 is 9.53 Å². The largest absolute Gasteiger partial charge is 0.468 e. The van der Waals surface area contributed by atoms with Crippen LogP contribution >= 0.6 is 0 Å². The summed E-state index contributed by atoms with van der Waals surface area (Å²) in [5.41, 5.74) is -0.430. The van der Waals surface area contributed by atoms with Crippen LogP contribution in [-0.4, -0.2) is 24.7 Å². The first kappa shape index (κ1) is 12.5. The molecule has 0 aliphatic heterocycles. The predicted molar refractivity (Wildman–Crippen MR) is 60.7 cm³/mol. The molecular weight excluding hydrogens is 190 g/mol. The van der Waals surface area contributed by atoms with Gasteiger partial charge in [0.1, 0.15) is 5.54 Å².